The summed E-state index contributed by atoms with van der Waals surface area (Å²) in [4.78, 5) is 4.64. The zero-order valence-corrected chi connectivity index (χ0v) is 22.6. The summed E-state index contributed by atoms with van der Waals surface area (Å²) in [6.07, 6.45) is 3.39. The van der Waals surface area contributed by atoms with E-state index in [2.05, 4.69) is 39.9 Å². The van der Waals surface area contributed by atoms with Gasteiger partial charge in [-0.3, -0.25) is 0 Å². The van der Waals surface area contributed by atoms with Crippen molar-refractivity contribution in [3.8, 4) is 23.0 Å². The van der Waals surface area contributed by atoms with Crippen molar-refractivity contribution >= 4 is 32.8 Å². The van der Waals surface area contributed by atoms with Gasteiger partial charge in [0.15, 0.2) is 17.4 Å². The third kappa shape index (κ3) is 4.00. The Bertz CT molecular complexity index is 2060. The first-order valence-electron chi connectivity index (χ1n) is 13.5. The molecule has 3 aromatic heterocycles. The largest absolute Gasteiger partial charge is 0.508 e. The third-order valence-corrected chi connectivity index (χ3v) is 6.55. The molecule has 0 saturated heterocycles. The van der Waals surface area contributed by atoms with Gasteiger partial charge in [0.05, 0.1) is 0 Å². The molecule has 0 N–H and O–H groups in total. The van der Waals surface area contributed by atoms with Gasteiger partial charge < -0.3 is 9.30 Å². The van der Waals surface area contributed by atoms with Crippen LogP contribution >= 0.6 is 0 Å². The van der Waals surface area contributed by atoms with Crippen molar-refractivity contribution in [3.05, 3.63) is 121 Å². The minimum absolute atomic E-state index is 0. The molecule has 7 rings (SSSR count). The Morgan fingerprint density at radius 1 is 0.816 bits per heavy atom. The molecular weight excluding hydrogens is 651 g/mol. The second-order valence-electron chi connectivity index (χ2n) is 8.98. The number of benzene rings is 4. The van der Waals surface area contributed by atoms with Crippen molar-refractivity contribution in [2.24, 2.45) is 6.98 Å². The van der Waals surface area contributed by atoms with E-state index in [1.807, 2.05) is 84.4 Å². The van der Waals surface area contributed by atoms with Crippen LogP contribution in [0.3, 0.4) is 0 Å². The molecule has 0 saturated carbocycles. The Labute approximate surface area is 239 Å². The first kappa shape index (κ1) is 20.8. The van der Waals surface area contributed by atoms with Crippen molar-refractivity contribution in [1.82, 2.24) is 18.7 Å². The van der Waals surface area contributed by atoms with Gasteiger partial charge in [0.1, 0.15) is 5.82 Å². The zero-order valence-electron chi connectivity index (χ0n) is 23.3. The van der Waals surface area contributed by atoms with Crippen LogP contribution < -0.4 is 4.74 Å². The minimum atomic E-state index is -2.31. The molecule has 0 radical (unpaired) electrons. The molecule has 0 amide bonds. The maximum absolute atomic E-state index is 7.96. The number of rotatable bonds is 4. The van der Waals surface area contributed by atoms with E-state index in [9.17, 15) is 0 Å². The SMILES string of the molecule is [2H]C([2H])([2H])n1[cH+]n(-c2[c-]c(Oc3[c-]c4c(cc3)c3ccccc3n4-c3cc(C)ccn3)ccc2)c2ccccc21.[Pt]. The fourth-order valence-electron chi connectivity index (χ4n) is 4.87. The van der Waals surface area contributed by atoms with Crippen LogP contribution in [0.1, 0.15) is 9.68 Å². The number of pyridine rings is 1. The zero-order chi connectivity index (χ0) is 27.4. The first-order chi connectivity index (χ1) is 19.4. The second kappa shape index (κ2) is 9.59. The van der Waals surface area contributed by atoms with E-state index in [4.69, 9.17) is 8.85 Å². The van der Waals surface area contributed by atoms with Crippen molar-refractivity contribution in [3.63, 3.8) is 0 Å². The summed E-state index contributed by atoms with van der Waals surface area (Å²) in [6, 6.07) is 35.9. The van der Waals surface area contributed by atoms with E-state index in [0.717, 1.165) is 38.7 Å². The molecule has 0 aliphatic heterocycles. The van der Waals surface area contributed by atoms with E-state index < -0.39 is 6.98 Å². The van der Waals surface area contributed by atoms with E-state index >= 15 is 0 Å². The van der Waals surface area contributed by atoms with Crippen LogP contribution in [0.4, 0.5) is 0 Å². The van der Waals surface area contributed by atoms with Gasteiger partial charge in [0, 0.05) is 73.2 Å². The van der Waals surface area contributed by atoms with Crippen molar-refractivity contribution in [1.29, 1.82) is 0 Å². The van der Waals surface area contributed by atoms with Gasteiger partial charge in [0.2, 0.25) is 0 Å². The molecule has 3 heterocycles. The molecule has 38 heavy (non-hydrogen) atoms. The summed E-state index contributed by atoms with van der Waals surface area (Å²) in [7, 11) is 0. The fourth-order valence-corrected chi connectivity index (χ4v) is 4.87. The summed E-state index contributed by atoms with van der Waals surface area (Å²) in [5.74, 6) is 1.84. The standard InChI is InChI=1S/C32H23N4O.Pt/c1-22-16-17-33-32(18-22)36-28-11-4-3-10-26(28)27-15-14-25(20-31(27)36)37-24-9-7-8-23(19-24)35-21-34(2)29-12-5-6-13-30(29)35;/h3-18,21H,1-2H3;/q-1;/i2D3;. The molecule has 0 spiro atoms. The quantitative estimate of drug-likeness (QED) is 0.182. The Balaban J connectivity index is 0.00000302. The van der Waals surface area contributed by atoms with Gasteiger partial charge in [-0.2, -0.15) is 12.1 Å². The third-order valence-electron chi connectivity index (χ3n) is 6.55. The van der Waals surface area contributed by atoms with Crippen LogP contribution in [0.5, 0.6) is 11.5 Å². The van der Waals surface area contributed by atoms with Crippen molar-refractivity contribution in [2.75, 3.05) is 0 Å². The minimum Gasteiger partial charge on any atom is -0.508 e. The molecule has 5 nitrogen and oxygen atoms in total. The Kier molecular flexibility index (Phi) is 5.25. The molecular formula is C32H23N4OPt-. The Hall–Kier alpha value is -4.21. The number of nitrogens with zero attached hydrogens (tertiary/aromatic N) is 4. The summed E-state index contributed by atoms with van der Waals surface area (Å²) in [5.41, 5.74) is 5.06. The monoisotopic (exact) mass is 677 g/mol. The van der Waals surface area contributed by atoms with Crippen LogP contribution in [-0.4, -0.2) is 18.7 Å². The first-order valence-corrected chi connectivity index (χ1v) is 12.0. The molecule has 188 valence electrons. The van der Waals surface area contributed by atoms with Gasteiger partial charge >= 0.3 is 0 Å². The van der Waals surface area contributed by atoms with Crippen molar-refractivity contribution < 1.29 is 29.9 Å². The number of aromatic nitrogens is 4. The van der Waals surface area contributed by atoms with Crippen LogP contribution in [-0.2, 0) is 28.0 Å². The maximum atomic E-state index is 7.96. The van der Waals surface area contributed by atoms with Crippen LogP contribution in [0, 0.1) is 19.1 Å². The smallest absolute Gasteiger partial charge is 0.188 e. The fraction of sp³-hybridized carbons (Fsp3) is 0.0625. The Morgan fingerprint density at radius 2 is 1.61 bits per heavy atom. The number of hydrogen-bond acceptors (Lipinski definition) is 2. The second-order valence-corrected chi connectivity index (χ2v) is 8.98. The predicted molar refractivity (Wildman–Crippen MR) is 148 cm³/mol. The Morgan fingerprint density at radius 3 is 2.45 bits per heavy atom. The molecule has 4 aromatic carbocycles. The van der Waals surface area contributed by atoms with E-state index in [1.54, 1.807) is 12.4 Å². The average Bonchev–Trinajstić information content (AvgIpc) is 3.50. The van der Waals surface area contributed by atoms with E-state index in [0.29, 0.717) is 22.7 Å². The molecule has 0 bridgehead atoms. The summed E-state index contributed by atoms with van der Waals surface area (Å²) < 4.78 is 35.3. The maximum Gasteiger partial charge on any atom is 0.188 e. The predicted octanol–water partition coefficient (Wildman–Crippen LogP) is 7.44. The van der Waals surface area contributed by atoms with E-state index in [1.165, 1.54) is 4.57 Å². The number of hydrogen-bond donors (Lipinski definition) is 0. The van der Waals surface area contributed by atoms with Crippen LogP contribution in [0.2, 0.25) is 0 Å². The number of para-hydroxylation sites is 3. The van der Waals surface area contributed by atoms with Crippen molar-refractivity contribution in [2.45, 2.75) is 6.92 Å². The van der Waals surface area contributed by atoms with Crippen LogP contribution in [0.15, 0.2) is 104 Å². The van der Waals surface area contributed by atoms with Gasteiger partial charge in [-0.05, 0) is 48.2 Å². The summed E-state index contributed by atoms with van der Waals surface area (Å²) in [6.45, 7) is -0.262. The van der Waals surface area contributed by atoms with Gasteiger partial charge in [-0.15, -0.1) is 29.7 Å². The number of ether oxygens (including phenoxy) is 1. The molecule has 0 aliphatic carbocycles. The molecule has 0 fully saturated rings. The normalized spacial score (nSPS) is 12.7. The molecule has 0 atom stereocenters. The molecule has 6 heteroatoms. The summed E-state index contributed by atoms with van der Waals surface area (Å²) in [5, 5.41) is 2.16. The molecule has 0 aliphatic rings. The number of fused-ring (bicyclic) bond motifs is 4. The van der Waals surface area contributed by atoms with Crippen LogP contribution in [0.25, 0.3) is 44.3 Å². The van der Waals surface area contributed by atoms with E-state index in [-0.39, 0.29) is 21.1 Å². The molecule has 7 aromatic rings. The van der Waals surface area contributed by atoms with Gasteiger partial charge in [-0.1, -0.05) is 29.8 Å². The topological polar surface area (TPSA) is 36.9 Å². The summed E-state index contributed by atoms with van der Waals surface area (Å²) >= 11 is 0. The molecule has 0 unspecified atom stereocenters. The van der Waals surface area contributed by atoms with Gasteiger partial charge in [0.25, 0.3) is 0 Å². The number of aryl methyl sites for hydroxylation is 2. The average molecular weight is 678 g/mol. The number of imidazole rings is 1. The van der Waals surface area contributed by atoms with Gasteiger partial charge in [-0.25, -0.2) is 14.1 Å².